The highest BCUT2D eigenvalue weighted by molar-refractivity contribution is 6.46. The van der Waals surface area contributed by atoms with Gasteiger partial charge in [-0.15, -0.1) is 0 Å². The van der Waals surface area contributed by atoms with Crippen LogP contribution in [0.25, 0.3) is 5.76 Å². The molecule has 5 nitrogen and oxygen atoms in total. The summed E-state index contributed by atoms with van der Waals surface area (Å²) in [5.74, 6) is -1.52. The molecule has 1 N–H and O–H groups in total. The number of methoxy groups -OCH3 is 1. The predicted molar refractivity (Wildman–Crippen MR) is 140 cm³/mol. The zero-order chi connectivity index (χ0) is 25.9. The van der Waals surface area contributed by atoms with Crippen LogP contribution in [-0.2, 0) is 9.59 Å². The van der Waals surface area contributed by atoms with E-state index in [0.717, 1.165) is 25.7 Å². The molecule has 1 atom stereocenters. The van der Waals surface area contributed by atoms with Gasteiger partial charge in [0.15, 0.2) is 0 Å². The standard InChI is InChI=1S/C30H38FNO4/c1-3-4-5-6-7-8-9-10-11-12-20-32-27(23-14-13-15-24(31)21-23)26(29(34)30(32)35)28(33)22-16-18-25(36-2)19-17-22/h13-19,21,27,33H,3-12,20H2,1-2H3/t27-/m1/s1. The number of nitrogens with zero attached hydrogens (tertiary/aromatic N) is 1. The number of ketones is 1. The number of hydrogen-bond donors (Lipinski definition) is 1. The molecule has 1 aliphatic rings. The minimum atomic E-state index is -0.832. The number of ether oxygens (including phenoxy) is 1. The highest BCUT2D eigenvalue weighted by Crippen LogP contribution is 2.40. The summed E-state index contributed by atoms with van der Waals surface area (Å²) in [6.45, 7) is 2.60. The van der Waals surface area contributed by atoms with E-state index < -0.39 is 23.5 Å². The SMILES string of the molecule is CCCCCCCCCCCCN1C(=O)C(=O)C(=C(O)c2ccc(OC)cc2)[C@H]1c1cccc(F)c1. The number of aliphatic hydroxyl groups excluding tert-OH is 1. The van der Waals surface area contributed by atoms with Gasteiger partial charge in [0, 0.05) is 12.1 Å². The fourth-order valence-corrected chi connectivity index (χ4v) is 4.81. The summed E-state index contributed by atoms with van der Waals surface area (Å²) in [7, 11) is 1.54. The first-order valence-electron chi connectivity index (χ1n) is 13.2. The van der Waals surface area contributed by atoms with Crippen molar-refractivity contribution in [3.05, 3.63) is 71.0 Å². The third kappa shape index (κ3) is 6.96. The van der Waals surface area contributed by atoms with Gasteiger partial charge in [-0.2, -0.15) is 0 Å². The van der Waals surface area contributed by atoms with E-state index in [-0.39, 0.29) is 11.3 Å². The average Bonchev–Trinajstić information content (AvgIpc) is 3.14. The first kappa shape index (κ1) is 27.4. The van der Waals surface area contributed by atoms with Crippen LogP contribution in [0.1, 0.15) is 88.3 Å². The van der Waals surface area contributed by atoms with E-state index in [2.05, 4.69) is 6.92 Å². The number of Topliss-reactive ketones (excluding diaryl/α,β-unsaturated/α-hetero) is 1. The summed E-state index contributed by atoms with van der Waals surface area (Å²) in [5.41, 5.74) is 0.855. The highest BCUT2D eigenvalue weighted by atomic mass is 19.1. The van der Waals surface area contributed by atoms with E-state index in [1.807, 2.05) is 0 Å². The Morgan fingerprint density at radius 2 is 1.53 bits per heavy atom. The largest absolute Gasteiger partial charge is 0.507 e. The molecule has 1 aliphatic heterocycles. The molecule has 36 heavy (non-hydrogen) atoms. The molecule has 0 unspecified atom stereocenters. The molecule has 3 rings (SSSR count). The van der Waals surface area contributed by atoms with Gasteiger partial charge < -0.3 is 14.7 Å². The van der Waals surface area contributed by atoms with Gasteiger partial charge in [0.1, 0.15) is 17.3 Å². The summed E-state index contributed by atoms with van der Waals surface area (Å²) in [6, 6.07) is 11.7. The van der Waals surface area contributed by atoms with Crippen molar-refractivity contribution >= 4 is 17.4 Å². The maximum Gasteiger partial charge on any atom is 0.295 e. The summed E-state index contributed by atoms with van der Waals surface area (Å²) < 4.78 is 19.3. The number of benzene rings is 2. The molecule has 2 aromatic carbocycles. The first-order chi connectivity index (χ1) is 17.5. The minimum absolute atomic E-state index is 0.0113. The Hall–Kier alpha value is -3.15. The van der Waals surface area contributed by atoms with Crippen LogP contribution in [-0.4, -0.2) is 35.4 Å². The Labute approximate surface area is 214 Å². The summed E-state index contributed by atoms with van der Waals surface area (Å²) >= 11 is 0. The molecule has 1 saturated heterocycles. The van der Waals surface area contributed by atoms with Gasteiger partial charge in [0.25, 0.3) is 11.7 Å². The zero-order valence-electron chi connectivity index (χ0n) is 21.5. The van der Waals surface area contributed by atoms with E-state index in [9.17, 15) is 19.1 Å². The van der Waals surface area contributed by atoms with Gasteiger partial charge in [0.2, 0.25) is 0 Å². The second kappa shape index (κ2) is 13.8. The van der Waals surface area contributed by atoms with Crippen molar-refractivity contribution in [1.82, 2.24) is 4.90 Å². The normalized spacial score (nSPS) is 17.1. The van der Waals surface area contributed by atoms with Crippen molar-refractivity contribution in [3.8, 4) is 5.75 Å². The van der Waals surface area contributed by atoms with Crippen molar-refractivity contribution in [2.24, 2.45) is 0 Å². The van der Waals surface area contributed by atoms with Gasteiger partial charge >= 0.3 is 0 Å². The molecule has 1 heterocycles. The fourth-order valence-electron chi connectivity index (χ4n) is 4.81. The van der Waals surface area contributed by atoms with Crippen LogP contribution in [0, 0.1) is 5.82 Å². The smallest absolute Gasteiger partial charge is 0.295 e. The predicted octanol–water partition coefficient (Wildman–Crippen LogP) is 7.18. The number of aliphatic hydroxyl groups is 1. The third-order valence-electron chi connectivity index (χ3n) is 6.82. The van der Waals surface area contributed by atoms with E-state index in [4.69, 9.17) is 4.74 Å². The average molecular weight is 496 g/mol. The third-order valence-corrected chi connectivity index (χ3v) is 6.82. The molecule has 0 aromatic heterocycles. The van der Waals surface area contributed by atoms with Gasteiger partial charge in [-0.05, 0) is 48.4 Å². The van der Waals surface area contributed by atoms with Crippen molar-refractivity contribution in [2.45, 2.75) is 77.2 Å². The monoisotopic (exact) mass is 495 g/mol. The van der Waals surface area contributed by atoms with Crippen LogP contribution in [0.4, 0.5) is 4.39 Å². The zero-order valence-corrected chi connectivity index (χ0v) is 21.5. The first-order valence-corrected chi connectivity index (χ1v) is 13.2. The molecule has 0 saturated carbocycles. The molecule has 0 spiro atoms. The van der Waals surface area contributed by atoms with Gasteiger partial charge in [-0.25, -0.2) is 4.39 Å². The molecule has 1 amide bonds. The second-order valence-electron chi connectivity index (χ2n) is 9.46. The van der Waals surface area contributed by atoms with Crippen molar-refractivity contribution < 1.29 is 23.8 Å². The molecular weight excluding hydrogens is 457 g/mol. The lowest BCUT2D eigenvalue weighted by Crippen LogP contribution is -2.30. The maximum atomic E-state index is 14.1. The number of hydrogen-bond acceptors (Lipinski definition) is 4. The Bertz CT molecular complexity index is 1050. The van der Waals surface area contributed by atoms with Gasteiger partial charge in [-0.1, -0.05) is 76.8 Å². The fraction of sp³-hybridized carbons (Fsp3) is 0.467. The molecule has 0 aliphatic carbocycles. The van der Waals surface area contributed by atoms with E-state index in [0.29, 0.717) is 23.4 Å². The molecule has 2 aromatic rings. The van der Waals surface area contributed by atoms with Crippen LogP contribution in [0.2, 0.25) is 0 Å². The number of amides is 1. The quantitative estimate of drug-likeness (QED) is 0.130. The van der Waals surface area contributed by atoms with Crippen LogP contribution < -0.4 is 4.74 Å². The van der Waals surface area contributed by atoms with Crippen molar-refractivity contribution in [3.63, 3.8) is 0 Å². The highest BCUT2D eigenvalue weighted by Gasteiger charge is 2.45. The van der Waals surface area contributed by atoms with Crippen LogP contribution in [0.3, 0.4) is 0 Å². The maximum absolute atomic E-state index is 14.1. The Balaban J connectivity index is 1.73. The van der Waals surface area contributed by atoms with E-state index in [1.165, 1.54) is 62.7 Å². The van der Waals surface area contributed by atoms with E-state index in [1.54, 1.807) is 36.4 Å². The lowest BCUT2D eigenvalue weighted by molar-refractivity contribution is -0.139. The Kier molecular flexibility index (Phi) is 10.5. The van der Waals surface area contributed by atoms with Crippen LogP contribution in [0.15, 0.2) is 54.1 Å². The van der Waals surface area contributed by atoms with Crippen LogP contribution in [0.5, 0.6) is 5.75 Å². The Morgan fingerprint density at radius 1 is 0.917 bits per heavy atom. The molecule has 1 fully saturated rings. The summed E-state index contributed by atoms with van der Waals surface area (Å²) in [6.07, 6.45) is 11.6. The molecule has 0 bridgehead atoms. The number of carbonyl (C=O) groups is 2. The molecule has 0 radical (unpaired) electrons. The van der Waals surface area contributed by atoms with E-state index >= 15 is 0 Å². The topological polar surface area (TPSA) is 66.8 Å². The van der Waals surface area contributed by atoms with Crippen LogP contribution >= 0.6 is 0 Å². The number of rotatable bonds is 14. The summed E-state index contributed by atoms with van der Waals surface area (Å²) in [5, 5.41) is 11.1. The molecular formula is C30H38FNO4. The lowest BCUT2D eigenvalue weighted by Gasteiger charge is -2.25. The van der Waals surface area contributed by atoms with Crippen molar-refractivity contribution in [1.29, 1.82) is 0 Å². The number of carbonyl (C=O) groups excluding carboxylic acids is 2. The lowest BCUT2D eigenvalue weighted by atomic mass is 9.95. The van der Waals surface area contributed by atoms with Crippen molar-refractivity contribution in [2.75, 3.05) is 13.7 Å². The molecule has 6 heteroatoms. The summed E-state index contributed by atoms with van der Waals surface area (Å²) in [4.78, 5) is 27.6. The van der Waals surface area contributed by atoms with Gasteiger partial charge in [0.05, 0.1) is 18.7 Å². The number of likely N-dealkylation sites (tertiary alicyclic amines) is 1. The number of halogens is 1. The Morgan fingerprint density at radius 3 is 2.11 bits per heavy atom. The minimum Gasteiger partial charge on any atom is -0.507 e. The van der Waals surface area contributed by atoms with Gasteiger partial charge in [-0.3, -0.25) is 9.59 Å². The molecule has 194 valence electrons. The second-order valence-corrected chi connectivity index (χ2v) is 9.46. The number of unbranched alkanes of at least 4 members (excludes halogenated alkanes) is 9.